The van der Waals surface area contributed by atoms with Crippen LogP contribution in [0.25, 0.3) is 0 Å². The van der Waals surface area contributed by atoms with Crippen molar-refractivity contribution in [2.45, 2.75) is 6.92 Å². The lowest BCUT2D eigenvalue weighted by Crippen LogP contribution is -2.01. The zero-order valence-corrected chi connectivity index (χ0v) is 6.47. The Morgan fingerprint density at radius 2 is 1.83 bits per heavy atom. The molecule has 0 saturated carbocycles. The molecule has 0 aliphatic heterocycles. The van der Waals surface area contributed by atoms with E-state index in [0.717, 1.165) is 12.1 Å². The molecule has 0 aromatic heterocycles. The number of benzene rings is 1. The summed E-state index contributed by atoms with van der Waals surface area (Å²) in [7, 11) is -0.595. The Hall–Kier alpha value is -1.10. The molecule has 1 aromatic rings. The molecule has 0 unspecified atom stereocenters. The molecule has 1 aromatic carbocycles. The van der Waals surface area contributed by atoms with E-state index in [4.69, 9.17) is 5.02 Å². The van der Waals surface area contributed by atoms with Gasteiger partial charge in [-0.2, -0.15) is 0 Å². The van der Waals surface area contributed by atoms with Crippen molar-refractivity contribution < 1.29 is 18.5 Å². The van der Waals surface area contributed by atoms with E-state index in [9.17, 15) is 8.78 Å². The third kappa shape index (κ3) is 1.74. The molecule has 0 radical (unpaired) electrons. The van der Waals surface area contributed by atoms with Crippen LogP contribution in [0.3, 0.4) is 0 Å². The van der Waals surface area contributed by atoms with E-state index in [1.54, 1.807) is 0 Å². The molecular formula is C7H7BF2O2. The first-order chi connectivity index (χ1) is 5.65. The average molecular weight is 172 g/mol. The van der Waals surface area contributed by atoms with Gasteiger partial charge in [-0.1, -0.05) is 0 Å². The van der Waals surface area contributed by atoms with Crippen LogP contribution >= 0.6 is 0 Å². The molecular weight excluding hydrogens is 165 g/mol. The normalized spacial score (nSPS) is 9.67. The van der Waals surface area contributed by atoms with E-state index in [0.29, 0.717) is 0 Å². The van der Waals surface area contributed by atoms with Crippen molar-refractivity contribution in [3.05, 3.63) is 29.3 Å². The lowest BCUT2D eigenvalue weighted by atomic mass is 10.2. The van der Waals surface area contributed by atoms with E-state index in [2.05, 4.69) is 4.65 Å². The Morgan fingerprint density at radius 3 is 2.25 bits per heavy atom. The summed E-state index contributed by atoms with van der Waals surface area (Å²) in [6.45, 7) is 1.33. The first-order valence-electron chi connectivity index (χ1n) is 3.34. The summed E-state index contributed by atoms with van der Waals surface area (Å²) in [6, 6.07) is 2.04. The zero-order valence-electron chi connectivity index (χ0n) is 6.47. The predicted octanol–water partition coefficient (Wildman–Crippen LogP) is 0.911. The topological polar surface area (TPSA) is 29.5 Å². The van der Waals surface area contributed by atoms with Crippen molar-refractivity contribution in [1.29, 1.82) is 0 Å². The van der Waals surface area contributed by atoms with Crippen LogP contribution in [0, 0.1) is 18.6 Å². The van der Waals surface area contributed by atoms with Gasteiger partial charge in [0.2, 0.25) is 0 Å². The third-order valence-electron chi connectivity index (χ3n) is 1.49. The molecule has 0 aliphatic carbocycles. The van der Waals surface area contributed by atoms with Gasteiger partial charge in [0, 0.05) is 17.7 Å². The van der Waals surface area contributed by atoms with Crippen LogP contribution in [0.1, 0.15) is 5.56 Å². The van der Waals surface area contributed by atoms with Crippen LogP contribution in [0.15, 0.2) is 12.1 Å². The first kappa shape index (κ1) is 9.00. The Kier molecular flexibility index (Phi) is 2.65. The quantitative estimate of drug-likeness (QED) is 0.671. The van der Waals surface area contributed by atoms with Crippen molar-refractivity contribution in [2.75, 3.05) is 0 Å². The minimum Gasteiger partial charge on any atom is -0.539 e. The molecule has 0 amide bonds. The maximum absolute atomic E-state index is 12.8. The van der Waals surface area contributed by atoms with E-state index in [1.807, 2.05) is 0 Å². The van der Waals surface area contributed by atoms with E-state index in [-0.39, 0.29) is 11.3 Å². The van der Waals surface area contributed by atoms with Gasteiger partial charge in [-0.3, -0.25) is 0 Å². The van der Waals surface area contributed by atoms with Gasteiger partial charge >= 0.3 is 7.69 Å². The van der Waals surface area contributed by atoms with Crippen LogP contribution < -0.4 is 4.65 Å². The fourth-order valence-corrected chi connectivity index (χ4v) is 0.780. The van der Waals surface area contributed by atoms with Crippen LogP contribution in [-0.4, -0.2) is 12.7 Å². The predicted molar refractivity (Wildman–Crippen MR) is 41.1 cm³/mol. The molecule has 0 spiro atoms. The second-order valence-electron chi connectivity index (χ2n) is 2.29. The highest BCUT2D eigenvalue weighted by molar-refractivity contribution is 6.17. The molecule has 5 heteroatoms. The number of halogens is 2. The molecule has 0 fully saturated rings. The Morgan fingerprint density at radius 1 is 1.33 bits per heavy atom. The maximum Gasteiger partial charge on any atom is 0.504 e. The van der Waals surface area contributed by atoms with Crippen molar-refractivity contribution >= 4 is 7.69 Å². The smallest absolute Gasteiger partial charge is 0.504 e. The largest absolute Gasteiger partial charge is 0.539 e. The van der Waals surface area contributed by atoms with E-state index in [1.165, 1.54) is 6.92 Å². The summed E-state index contributed by atoms with van der Waals surface area (Å²) in [4.78, 5) is 0. The summed E-state index contributed by atoms with van der Waals surface area (Å²) >= 11 is 0. The molecule has 12 heavy (non-hydrogen) atoms. The van der Waals surface area contributed by atoms with Gasteiger partial charge in [0.05, 0.1) is 0 Å². The van der Waals surface area contributed by atoms with E-state index >= 15 is 0 Å². The summed E-state index contributed by atoms with van der Waals surface area (Å²) in [6.07, 6.45) is 0. The molecule has 1 N–H and O–H groups in total. The highest BCUT2D eigenvalue weighted by Gasteiger charge is 2.06. The molecule has 0 aliphatic rings. The maximum atomic E-state index is 12.8. The Bertz CT molecular complexity index is 268. The second-order valence-corrected chi connectivity index (χ2v) is 2.29. The van der Waals surface area contributed by atoms with Crippen molar-refractivity contribution in [2.24, 2.45) is 0 Å². The molecule has 0 heterocycles. The van der Waals surface area contributed by atoms with Crippen molar-refractivity contribution in [1.82, 2.24) is 0 Å². The van der Waals surface area contributed by atoms with Gasteiger partial charge in [0.1, 0.15) is 17.4 Å². The van der Waals surface area contributed by atoms with Crippen molar-refractivity contribution in [3.8, 4) is 5.75 Å². The van der Waals surface area contributed by atoms with Crippen LogP contribution in [0.4, 0.5) is 8.78 Å². The van der Waals surface area contributed by atoms with Gasteiger partial charge < -0.3 is 9.68 Å². The summed E-state index contributed by atoms with van der Waals surface area (Å²) in [5.41, 5.74) is -0.0553. The Balaban J connectivity index is 3.04. The molecule has 1 rings (SSSR count). The highest BCUT2D eigenvalue weighted by atomic mass is 19.1. The number of rotatable bonds is 2. The average Bonchev–Trinajstić information content (AvgIpc) is 2.01. The fraction of sp³-hybridized carbons (Fsp3) is 0.143. The zero-order chi connectivity index (χ0) is 9.14. The van der Waals surface area contributed by atoms with Gasteiger partial charge in [0.15, 0.2) is 0 Å². The lowest BCUT2D eigenvalue weighted by Gasteiger charge is -2.04. The highest BCUT2D eigenvalue weighted by Crippen LogP contribution is 2.19. The fourth-order valence-electron chi connectivity index (χ4n) is 0.780. The van der Waals surface area contributed by atoms with Crippen LogP contribution in [0.5, 0.6) is 5.75 Å². The molecule has 0 bridgehead atoms. The summed E-state index contributed by atoms with van der Waals surface area (Å²) < 4.78 is 30.0. The number of hydrogen-bond donors (Lipinski definition) is 1. The van der Waals surface area contributed by atoms with Crippen molar-refractivity contribution in [3.63, 3.8) is 0 Å². The first-order valence-corrected chi connectivity index (χ1v) is 3.34. The monoisotopic (exact) mass is 172 g/mol. The minimum absolute atomic E-state index is 0.0156. The van der Waals surface area contributed by atoms with Gasteiger partial charge in [0.25, 0.3) is 0 Å². The lowest BCUT2D eigenvalue weighted by molar-refractivity contribution is 0.446. The standard InChI is InChI=1S/C7H7BF2O2/c1-4-6(9)2-5(12-8-11)3-7(4)10/h2-3,8,11H,1H3. The van der Waals surface area contributed by atoms with Gasteiger partial charge in [-0.25, -0.2) is 8.78 Å². The molecule has 2 nitrogen and oxygen atoms in total. The van der Waals surface area contributed by atoms with Gasteiger partial charge in [-0.15, -0.1) is 0 Å². The SMILES string of the molecule is Cc1c(F)cc(OBO)cc1F. The molecule has 64 valence electrons. The summed E-state index contributed by atoms with van der Waals surface area (Å²) in [5, 5.41) is 8.30. The minimum atomic E-state index is -0.682. The molecule has 0 atom stereocenters. The van der Waals surface area contributed by atoms with E-state index < -0.39 is 19.3 Å². The van der Waals surface area contributed by atoms with Gasteiger partial charge in [-0.05, 0) is 6.92 Å². The second kappa shape index (κ2) is 3.54. The third-order valence-corrected chi connectivity index (χ3v) is 1.49. The molecule has 0 saturated heterocycles. The van der Waals surface area contributed by atoms with Crippen LogP contribution in [0.2, 0.25) is 0 Å². The number of hydrogen-bond acceptors (Lipinski definition) is 2. The summed E-state index contributed by atoms with van der Waals surface area (Å²) in [5.74, 6) is -1.38. The Labute approximate surface area is 69.1 Å². The van der Waals surface area contributed by atoms with Crippen LogP contribution in [-0.2, 0) is 0 Å².